The van der Waals surface area contributed by atoms with E-state index in [1.54, 1.807) is 0 Å². The van der Waals surface area contributed by atoms with Crippen LogP contribution in [0.4, 0.5) is 0 Å². The largest absolute Gasteiger partial charge is 0.481 e. The molecule has 0 heterocycles. The molecule has 18 heavy (non-hydrogen) atoms. The van der Waals surface area contributed by atoms with Crippen LogP contribution in [0.5, 0.6) is 0 Å². The highest BCUT2D eigenvalue weighted by Gasteiger charge is 2.30. The molecule has 1 aliphatic rings. The molecule has 1 saturated carbocycles. The number of unbranched alkanes of at least 4 members (excludes halogenated alkanes) is 3. The molecule has 0 saturated heterocycles. The van der Waals surface area contributed by atoms with Crippen LogP contribution in [0.1, 0.15) is 58.3 Å². The molecule has 0 unspecified atom stereocenters. The van der Waals surface area contributed by atoms with Crippen molar-refractivity contribution >= 4 is 11.9 Å². The lowest BCUT2D eigenvalue weighted by molar-refractivity contribution is -0.152. The molecule has 1 fully saturated rings. The Labute approximate surface area is 109 Å². The SMILES string of the molecule is CCCCCCOC(=O)[C@H]1CC[C@H](C(=O)O)CC1. The maximum absolute atomic E-state index is 11.7. The van der Waals surface area contributed by atoms with Crippen molar-refractivity contribution in [3.8, 4) is 0 Å². The van der Waals surface area contributed by atoms with E-state index in [2.05, 4.69) is 6.92 Å². The van der Waals surface area contributed by atoms with Gasteiger partial charge >= 0.3 is 11.9 Å². The van der Waals surface area contributed by atoms with Gasteiger partial charge in [0.05, 0.1) is 18.4 Å². The van der Waals surface area contributed by atoms with Crippen molar-refractivity contribution < 1.29 is 19.4 Å². The van der Waals surface area contributed by atoms with Crippen LogP contribution in [0.15, 0.2) is 0 Å². The van der Waals surface area contributed by atoms with Crippen molar-refractivity contribution in [2.24, 2.45) is 11.8 Å². The molecule has 0 atom stereocenters. The van der Waals surface area contributed by atoms with Gasteiger partial charge in [0.15, 0.2) is 0 Å². The highest BCUT2D eigenvalue weighted by molar-refractivity contribution is 5.74. The molecule has 0 aliphatic heterocycles. The first-order valence-corrected chi connectivity index (χ1v) is 7.04. The fourth-order valence-corrected chi connectivity index (χ4v) is 2.40. The third kappa shape index (κ3) is 5.07. The lowest BCUT2D eigenvalue weighted by atomic mass is 9.82. The second-order valence-electron chi connectivity index (χ2n) is 5.11. The van der Waals surface area contributed by atoms with Crippen molar-refractivity contribution in [1.29, 1.82) is 0 Å². The number of esters is 1. The lowest BCUT2D eigenvalue weighted by Gasteiger charge is -2.24. The number of carboxylic acid groups (broad SMARTS) is 1. The van der Waals surface area contributed by atoms with E-state index in [9.17, 15) is 9.59 Å². The first kappa shape index (κ1) is 15.0. The Bertz CT molecular complexity index is 267. The molecule has 0 aromatic heterocycles. The van der Waals surface area contributed by atoms with Crippen molar-refractivity contribution in [2.75, 3.05) is 6.61 Å². The Morgan fingerprint density at radius 3 is 2.22 bits per heavy atom. The minimum atomic E-state index is -0.735. The Morgan fingerprint density at radius 2 is 1.67 bits per heavy atom. The van der Waals surface area contributed by atoms with Gasteiger partial charge in [-0.1, -0.05) is 26.2 Å². The second kappa shape index (κ2) is 8.11. The third-order valence-electron chi connectivity index (χ3n) is 3.65. The minimum absolute atomic E-state index is 0.0771. The maximum Gasteiger partial charge on any atom is 0.308 e. The summed E-state index contributed by atoms with van der Waals surface area (Å²) in [4.78, 5) is 22.5. The van der Waals surface area contributed by atoms with E-state index in [-0.39, 0.29) is 17.8 Å². The predicted molar refractivity (Wildman–Crippen MR) is 68.2 cm³/mol. The first-order chi connectivity index (χ1) is 8.65. The zero-order valence-corrected chi connectivity index (χ0v) is 11.2. The smallest absolute Gasteiger partial charge is 0.308 e. The highest BCUT2D eigenvalue weighted by atomic mass is 16.5. The summed E-state index contributed by atoms with van der Waals surface area (Å²) in [5.74, 6) is -1.21. The van der Waals surface area contributed by atoms with Crippen molar-refractivity contribution in [3.05, 3.63) is 0 Å². The number of hydrogen-bond donors (Lipinski definition) is 1. The summed E-state index contributed by atoms with van der Waals surface area (Å²) in [6, 6.07) is 0. The summed E-state index contributed by atoms with van der Waals surface area (Å²) in [7, 11) is 0. The monoisotopic (exact) mass is 256 g/mol. The molecule has 1 aliphatic carbocycles. The van der Waals surface area contributed by atoms with E-state index in [1.165, 1.54) is 12.8 Å². The average Bonchev–Trinajstić information content (AvgIpc) is 2.38. The zero-order chi connectivity index (χ0) is 13.4. The van der Waals surface area contributed by atoms with Gasteiger partial charge in [-0.2, -0.15) is 0 Å². The van der Waals surface area contributed by atoms with Gasteiger partial charge in [-0.3, -0.25) is 9.59 Å². The molecule has 4 heteroatoms. The van der Waals surface area contributed by atoms with Crippen LogP contribution in [0.3, 0.4) is 0 Å². The number of aliphatic carboxylic acids is 1. The molecule has 1 N–H and O–H groups in total. The van der Waals surface area contributed by atoms with Gasteiger partial charge in [-0.15, -0.1) is 0 Å². The van der Waals surface area contributed by atoms with E-state index in [0.717, 1.165) is 12.8 Å². The molecule has 0 spiro atoms. The molecule has 0 radical (unpaired) electrons. The molecule has 4 nitrogen and oxygen atoms in total. The number of carboxylic acids is 1. The fraction of sp³-hybridized carbons (Fsp3) is 0.857. The number of carbonyl (C=O) groups is 2. The Morgan fingerprint density at radius 1 is 1.06 bits per heavy atom. The van der Waals surface area contributed by atoms with Crippen LogP contribution < -0.4 is 0 Å². The van der Waals surface area contributed by atoms with Crippen LogP contribution in [0.25, 0.3) is 0 Å². The first-order valence-electron chi connectivity index (χ1n) is 7.04. The van der Waals surface area contributed by atoms with Gasteiger partial charge in [0.25, 0.3) is 0 Å². The van der Waals surface area contributed by atoms with Gasteiger partial charge in [0.2, 0.25) is 0 Å². The Balaban J connectivity index is 2.14. The van der Waals surface area contributed by atoms with Crippen LogP contribution in [-0.4, -0.2) is 23.7 Å². The summed E-state index contributed by atoms with van der Waals surface area (Å²) in [6.07, 6.45) is 6.92. The normalized spacial score (nSPS) is 23.6. The van der Waals surface area contributed by atoms with Crippen LogP contribution in [-0.2, 0) is 14.3 Å². The van der Waals surface area contributed by atoms with E-state index in [1.807, 2.05) is 0 Å². The second-order valence-corrected chi connectivity index (χ2v) is 5.11. The molecule has 0 bridgehead atoms. The van der Waals surface area contributed by atoms with Gasteiger partial charge < -0.3 is 9.84 Å². The predicted octanol–water partition coefficient (Wildman–Crippen LogP) is 3.00. The number of rotatable bonds is 7. The van der Waals surface area contributed by atoms with Crippen LogP contribution in [0.2, 0.25) is 0 Å². The van der Waals surface area contributed by atoms with Gasteiger partial charge in [0, 0.05) is 0 Å². The minimum Gasteiger partial charge on any atom is -0.481 e. The summed E-state index contributed by atoms with van der Waals surface area (Å²) in [6.45, 7) is 2.66. The maximum atomic E-state index is 11.7. The quantitative estimate of drug-likeness (QED) is 0.562. The van der Waals surface area contributed by atoms with E-state index >= 15 is 0 Å². The van der Waals surface area contributed by atoms with E-state index < -0.39 is 5.97 Å². The number of carbonyl (C=O) groups excluding carboxylic acids is 1. The summed E-state index contributed by atoms with van der Waals surface area (Å²) < 4.78 is 5.24. The molecule has 104 valence electrons. The zero-order valence-electron chi connectivity index (χ0n) is 11.2. The van der Waals surface area contributed by atoms with Crippen LogP contribution in [0, 0.1) is 11.8 Å². The Hall–Kier alpha value is -1.06. The topological polar surface area (TPSA) is 63.6 Å². The standard InChI is InChI=1S/C14H24O4/c1-2-3-4-5-10-18-14(17)12-8-6-11(7-9-12)13(15)16/h11-12H,2-10H2,1H3,(H,15,16)/t11-,12-. The fourth-order valence-electron chi connectivity index (χ4n) is 2.40. The van der Waals surface area contributed by atoms with Crippen molar-refractivity contribution in [3.63, 3.8) is 0 Å². The van der Waals surface area contributed by atoms with E-state index in [4.69, 9.17) is 9.84 Å². The van der Waals surface area contributed by atoms with Gasteiger partial charge in [-0.05, 0) is 32.1 Å². The van der Waals surface area contributed by atoms with Crippen LogP contribution >= 0.6 is 0 Å². The Kier molecular flexibility index (Phi) is 6.76. The summed E-state index contributed by atoms with van der Waals surface area (Å²) in [5.41, 5.74) is 0. The molecule has 0 aromatic carbocycles. The number of hydrogen-bond acceptors (Lipinski definition) is 3. The molecule has 0 aromatic rings. The lowest BCUT2D eigenvalue weighted by Crippen LogP contribution is -2.27. The molecular weight excluding hydrogens is 232 g/mol. The molecule has 0 amide bonds. The molecular formula is C14H24O4. The summed E-state index contributed by atoms with van der Waals surface area (Å²) >= 11 is 0. The van der Waals surface area contributed by atoms with Gasteiger partial charge in [0.1, 0.15) is 0 Å². The van der Waals surface area contributed by atoms with E-state index in [0.29, 0.717) is 32.3 Å². The highest BCUT2D eigenvalue weighted by Crippen LogP contribution is 2.29. The summed E-state index contributed by atoms with van der Waals surface area (Å²) in [5, 5.41) is 8.87. The van der Waals surface area contributed by atoms with Crippen molar-refractivity contribution in [2.45, 2.75) is 58.3 Å². The van der Waals surface area contributed by atoms with Crippen molar-refractivity contribution in [1.82, 2.24) is 0 Å². The van der Waals surface area contributed by atoms with Gasteiger partial charge in [-0.25, -0.2) is 0 Å². The average molecular weight is 256 g/mol. The number of ether oxygens (including phenoxy) is 1. The third-order valence-corrected chi connectivity index (χ3v) is 3.65. The molecule has 1 rings (SSSR count).